The van der Waals surface area contributed by atoms with Crippen molar-refractivity contribution in [3.8, 4) is 16.2 Å². The van der Waals surface area contributed by atoms with Gasteiger partial charge in [-0.1, -0.05) is 12.1 Å². The van der Waals surface area contributed by atoms with Gasteiger partial charge in [-0.05, 0) is 42.0 Å². The van der Waals surface area contributed by atoms with E-state index in [0.29, 0.717) is 4.88 Å². The molecule has 2 N–H and O–H groups in total. The standard InChI is InChI=1S/C19H14F2N2O3S/c1-26-13-6-7-14(15(21)10-13)18(24)22-23-19(25)17-9-8-16(27-17)11-2-4-12(20)5-3-11/h2-10H,1H3,(H,22,24)(H,23,25). The maximum Gasteiger partial charge on any atom is 0.279 e. The number of hydrogen-bond acceptors (Lipinski definition) is 4. The molecule has 5 nitrogen and oxygen atoms in total. The van der Waals surface area contributed by atoms with Crippen LogP contribution in [0.4, 0.5) is 8.78 Å². The fourth-order valence-corrected chi connectivity index (χ4v) is 3.19. The van der Waals surface area contributed by atoms with Crippen molar-refractivity contribution in [3.05, 3.63) is 76.7 Å². The zero-order valence-corrected chi connectivity index (χ0v) is 14.9. The summed E-state index contributed by atoms with van der Waals surface area (Å²) in [6, 6.07) is 13.0. The number of thiophene rings is 1. The van der Waals surface area contributed by atoms with Gasteiger partial charge in [-0.15, -0.1) is 11.3 Å². The van der Waals surface area contributed by atoms with Crippen LogP contribution in [0.1, 0.15) is 20.0 Å². The number of nitrogens with one attached hydrogen (secondary N) is 2. The first-order valence-corrected chi connectivity index (χ1v) is 8.59. The zero-order valence-electron chi connectivity index (χ0n) is 14.1. The number of hydrogen-bond donors (Lipinski definition) is 2. The van der Waals surface area contributed by atoms with Crippen LogP contribution in [-0.4, -0.2) is 18.9 Å². The van der Waals surface area contributed by atoms with Gasteiger partial charge in [0.1, 0.15) is 17.4 Å². The lowest BCUT2D eigenvalue weighted by Gasteiger charge is -2.08. The Morgan fingerprint density at radius 3 is 2.30 bits per heavy atom. The van der Waals surface area contributed by atoms with Crippen LogP contribution in [0.25, 0.3) is 10.4 Å². The molecule has 0 atom stereocenters. The van der Waals surface area contributed by atoms with Crippen LogP contribution in [0.3, 0.4) is 0 Å². The van der Waals surface area contributed by atoms with Crippen molar-refractivity contribution in [3.63, 3.8) is 0 Å². The van der Waals surface area contributed by atoms with Crippen LogP contribution in [-0.2, 0) is 0 Å². The normalized spacial score (nSPS) is 10.3. The summed E-state index contributed by atoms with van der Waals surface area (Å²) < 4.78 is 31.7. The maximum atomic E-state index is 13.9. The molecule has 0 unspecified atom stereocenters. The first kappa shape index (κ1) is 18.5. The molecule has 8 heteroatoms. The number of rotatable bonds is 4. The minimum absolute atomic E-state index is 0.228. The zero-order chi connectivity index (χ0) is 19.4. The molecule has 2 aromatic carbocycles. The lowest BCUT2D eigenvalue weighted by molar-refractivity contribution is 0.0846. The van der Waals surface area contributed by atoms with E-state index in [9.17, 15) is 18.4 Å². The van der Waals surface area contributed by atoms with E-state index in [1.54, 1.807) is 24.3 Å². The molecule has 0 aliphatic heterocycles. The Morgan fingerprint density at radius 2 is 1.63 bits per heavy atom. The molecule has 0 aliphatic rings. The van der Waals surface area contributed by atoms with E-state index in [2.05, 4.69) is 10.9 Å². The molecule has 2 amide bonds. The molecule has 0 saturated heterocycles. The molecular weight excluding hydrogens is 374 g/mol. The number of amides is 2. The predicted molar refractivity (Wildman–Crippen MR) is 97.6 cm³/mol. The van der Waals surface area contributed by atoms with Crippen molar-refractivity contribution < 1.29 is 23.1 Å². The van der Waals surface area contributed by atoms with E-state index < -0.39 is 17.6 Å². The van der Waals surface area contributed by atoms with E-state index in [0.717, 1.165) is 16.5 Å². The highest BCUT2D eigenvalue weighted by atomic mass is 32.1. The van der Waals surface area contributed by atoms with Crippen molar-refractivity contribution in [2.24, 2.45) is 0 Å². The van der Waals surface area contributed by atoms with Crippen molar-refractivity contribution in [2.75, 3.05) is 7.11 Å². The van der Waals surface area contributed by atoms with E-state index in [-0.39, 0.29) is 17.1 Å². The maximum absolute atomic E-state index is 13.9. The fraction of sp³-hybridized carbons (Fsp3) is 0.0526. The SMILES string of the molecule is COc1ccc(C(=O)NNC(=O)c2ccc(-c3ccc(F)cc3)s2)c(F)c1. The highest BCUT2D eigenvalue weighted by molar-refractivity contribution is 7.17. The van der Waals surface area contributed by atoms with Crippen LogP contribution in [0, 0.1) is 11.6 Å². The summed E-state index contributed by atoms with van der Waals surface area (Å²) in [7, 11) is 1.38. The molecule has 0 saturated carbocycles. The summed E-state index contributed by atoms with van der Waals surface area (Å²) >= 11 is 1.18. The van der Waals surface area contributed by atoms with Gasteiger partial charge in [-0.2, -0.15) is 0 Å². The average Bonchev–Trinajstić information content (AvgIpc) is 3.16. The second-order valence-electron chi connectivity index (χ2n) is 5.42. The largest absolute Gasteiger partial charge is 0.497 e. The summed E-state index contributed by atoms with van der Waals surface area (Å²) in [5.74, 6) is -2.17. The molecule has 0 fully saturated rings. The van der Waals surface area contributed by atoms with Gasteiger partial charge in [0.25, 0.3) is 11.8 Å². The van der Waals surface area contributed by atoms with E-state index in [4.69, 9.17) is 4.74 Å². The topological polar surface area (TPSA) is 67.4 Å². The Morgan fingerprint density at radius 1 is 0.926 bits per heavy atom. The number of halogens is 2. The van der Waals surface area contributed by atoms with E-state index in [1.165, 1.54) is 42.7 Å². The van der Waals surface area contributed by atoms with Crippen molar-refractivity contribution in [2.45, 2.75) is 0 Å². The molecule has 0 spiro atoms. The second-order valence-corrected chi connectivity index (χ2v) is 6.51. The van der Waals surface area contributed by atoms with Crippen LogP contribution in [0.5, 0.6) is 5.75 Å². The van der Waals surface area contributed by atoms with Crippen LogP contribution in [0.2, 0.25) is 0 Å². The highest BCUT2D eigenvalue weighted by Gasteiger charge is 2.15. The van der Waals surface area contributed by atoms with Gasteiger partial charge >= 0.3 is 0 Å². The lowest BCUT2D eigenvalue weighted by Crippen LogP contribution is -2.41. The molecule has 138 valence electrons. The number of benzene rings is 2. The smallest absolute Gasteiger partial charge is 0.279 e. The first-order valence-electron chi connectivity index (χ1n) is 7.78. The molecule has 27 heavy (non-hydrogen) atoms. The minimum Gasteiger partial charge on any atom is -0.497 e. The number of carbonyl (C=O) groups is 2. The number of methoxy groups -OCH3 is 1. The average molecular weight is 388 g/mol. The predicted octanol–water partition coefficient (Wildman–Crippen LogP) is 3.78. The Bertz CT molecular complexity index is 987. The van der Waals surface area contributed by atoms with Gasteiger partial charge < -0.3 is 4.74 Å². The number of ether oxygens (including phenoxy) is 1. The van der Waals surface area contributed by atoms with Crippen LogP contribution < -0.4 is 15.6 Å². The van der Waals surface area contributed by atoms with Crippen LogP contribution >= 0.6 is 11.3 Å². The molecule has 0 aliphatic carbocycles. The molecule has 1 aromatic heterocycles. The van der Waals surface area contributed by atoms with E-state index in [1.807, 2.05) is 0 Å². The monoisotopic (exact) mass is 388 g/mol. The molecule has 3 rings (SSSR count). The summed E-state index contributed by atoms with van der Waals surface area (Å²) in [5, 5.41) is 0. The quantitative estimate of drug-likeness (QED) is 0.669. The molecular formula is C19H14F2N2O3S. The highest BCUT2D eigenvalue weighted by Crippen LogP contribution is 2.28. The first-order chi connectivity index (χ1) is 13.0. The Labute approximate surface area is 157 Å². The molecule has 0 radical (unpaired) electrons. The molecule has 0 bridgehead atoms. The minimum atomic E-state index is -0.793. The van der Waals surface area contributed by atoms with Gasteiger partial charge in [-0.3, -0.25) is 20.4 Å². The summed E-state index contributed by atoms with van der Waals surface area (Å²) in [6.07, 6.45) is 0. The third-order valence-electron chi connectivity index (χ3n) is 3.67. The fourth-order valence-electron chi connectivity index (χ4n) is 2.28. The summed E-state index contributed by atoms with van der Waals surface area (Å²) in [5.41, 5.74) is 4.95. The lowest BCUT2D eigenvalue weighted by atomic mass is 10.2. The van der Waals surface area contributed by atoms with Gasteiger partial charge in [0, 0.05) is 10.9 Å². The Kier molecular flexibility index (Phi) is 5.46. The number of carbonyl (C=O) groups excluding carboxylic acids is 2. The Hall–Kier alpha value is -3.26. The van der Waals surface area contributed by atoms with Crippen molar-refractivity contribution >= 4 is 23.2 Å². The van der Waals surface area contributed by atoms with Gasteiger partial charge in [0.2, 0.25) is 0 Å². The van der Waals surface area contributed by atoms with Gasteiger partial charge in [-0.25, -0.2) is 8.78 Å². The van der Waals surface area contributed by atoms with Crippen molar-refractivity contribution in [1.29, 1.82) is 0 Å². The number of hydrazine groups is 1. The Balaban J connectivity index is 1.64. The van der Waals surface area contributed by atoms with Crippen molar-refractivity contribution in [1.82, 2.24) is 10.9 Å². The summed E-state index contributed by atoms with van der Waals surface area (Å²) in [6.45, 7) is 0. The molecule has 1 heterocycles. The van der Waals surface area contributed by atoms with Gasteiger partial charge in [0.05, 0.1) is 17.6 Å². The van der Waals surface area contributed by atoms with Crippen LogP contribution in [0.15, 0.2) is 54.6 Å². The second kappa shape index (κ2) is 7.96. The third kappa shape index (κ3) is 4.29. The van der Waals surface area contributed by atoms with E-state index >= 15 is 0 Å². The molecule has 3 aromatic rings. The van der Waals surface area contributed by atoms with Gasteiger partial charge in [0.15, 0.2) is 0 Å². The summed E-state index contributed by atoms with van der Waals surface area (Å²) in [4.78, 5) is 25.3. The third-order valence-corrected chi connectivity index (χ3v) is 4.80.